The molecular weight excluding hydrogens is 336 g/mol. The monoisotopic (exact) mass is 358 g/mol. The zero-order valence-corrected chi connectivity index (χ0v) is 15.5. The zero-order chi connectivity index (χ0) is 18.2. The van der Waals surface area contributed by atoms with E-state index in [4.69, 9.17) is 0 Å². The summed E-state index contributed by atoms with van der Waals surface area (Å²) in [6.07, 6.45) is 1.08. The fourth-order valence-electron chi connectivity index (χ4n) is 3.28. The smallest absolute Gasteiger partial charge is 0.262 e. The van der Waals surface area contributed by atoms with Gasteiger partial charge in [-0.1, -0.05) is 17.7 Å². The number of hydrogen-bond acceptors (Lipinski definition) is 3. The minimum Gasteiger partial charge on any atom is -0.312 e. The van der Waals surface area contributed by atoms with Crippen molar-refractivity contribution >= 4 is 27.3 Å². The topological polar surface area (TPSA) is 66.5 Å². The molecule has 0 unspecified atom stereocenters. The molecule has 0 saturated heterocycles. The maximum Gasteiger partial charge on any atom is 0.262 e. The van der Waals surface area contributed by atoms with E-state index in [9.17, 15) is 13.2 Å². The molecule has 1 aliphatic rings. The van der Waals surface area contributed by atoms with Gasteiger partial charge in [0, 0.05) is 24.3 Å². The van der Waals surface area contributed by atoms with Crippen LogP contribution in [-0.2, 0) is 21.2 Å². The molecule has 0 aromatic heterocycles. The average molecular weight is 358 g/mol. The Balaban J connectivity index is 1.92. The van der Waals surface area contributed by atoms with Crippen LogP contribution in [0.3, 0.4) is 0 Å². The van der Waals surface area contributed by atoms with Gasteiger partial charge >= 0.3 is 0 Å². The van der Waals surface area contributed by atoms with Crippen molar-refractivity contribution in [3.63, 3.8) is 0 Å². The van der Waals surface area contributed by atoms with Crippen molar-refractivity contribution in [2.45, 2.75) is 38.5 Å². The van der Waals surface area contributed by atoms with E-state index >= 15 is 0 Å². The quantitative estimate of drug-likeness (QED) is 0.911. The second kappa shape index (κ2) is 6.52. The number of amides is 1. The number of fused-ring (bicyclic) bond motifs is 1. The van der Waals surface area contributed by atoms with Crippen LogP contribution >= 0.6 is 0 Å². The predicted octanol–water partition coefficient (Wildman–Crippen LogP) is 3.40. The minimum atomic E-state index is -3.65. The lowest BCUT2D eigenvalue weighted by Gasteiger charge is -2.28. The Morgan fingerprint density at radius 1 is 1.08 bits per heavy atom. The van der Waals surface area contributed by atoms with Gasteiger partial charge in [-0.2, -0.15) is 0 Å². The number of nitrogens with zero attached hydrogens (tertiary/aromatic N) is 1. The summed E-state index contributed by atoms with van der Waals surface area (Å²) in [4.78, 5) is 14.0. The van der Waals surface area contributed by atoms with Gasteiger partial charge in [-0.3, -0.25) is 9.52 Å². The molecule has 25 heavy (non-hydrogen) atoms. The summed E-state index contributed by atoms with van der Waals surface area (Å²) in [6.45, 7) is 6.27. The molecule has 2 aromatic carbocycles. The van der Waals surface area contributed by atoms with E-state index in [1.54, 1.807) is 30.0 Å². The number of anilines is 2. The minimum absolute atomic E-state index is 0.110. The van der Waals surface area contributed by atoms with Crippen LogP contribution in [0.15, 0.2) is 41.3 Å². The molecule has 0 saturated carbocycles. The van der Waals surface area contributed by atoms with E-state index in [1.165, 1.54) is 0 Å². The van der Waals surface area contributed by atoms with Crippen LogP contribution in [0.4, 0.5) is 11.4 Å². The summed E-state index contributed by atoms with van der Waals surface area (Å²) in [5.41, 5.74) is 4.11. The van der Waals surface area contributed by atoms with Crippen molar-refractivity contribution < 1.29 is 13.2 Å². The van der Waals surface area contributed by atoms with Crippen LogP contribution in [0.1, 0.15) is 30.0 Å². The Labute approximate surface area is 148 Å². The van der Waals surface area contributed by atoms with Crippen molar-refractivity contribution in [2.24, 2.45) is 0 Å². The first-order chi connectivity index (χ1) is 11.8. The Morgan fingerprint density at radius 2 is 1.84 bits per heavy atom. The van der Waals surface area contributed by atoms with Crippen LogP contribution in [0.25, 0.3) is 0 Å². The normalized spacial score (nSPS) is 14.4. The molecule has 0 bridgehead atoms. The van der Waals surface area contributed by atoms with Gasteiger partial charge < -0.3 is 4.90 Å². The van der Waals surface area contributed by atoms with Gasteiger partial charge in [0.15, 0.2) is 0 Å². The molecule has 0 atom stereocenters. The fourth-order valence-corrected chi connectivity index (χ4v) is 4.56. The summed E-state index contributed by atoms with van der Waals surface area (Å²) in [5.74, 6) is 0.110. The molecule has 1 amide bonds. The molecule has 0 aliphatic carbocycles. The zero-order valence-electron chi connectivity index (χ0n) is 14.7. The highest BCUT2D eigenvalue weighted by Crippen LogP contribution is 2.31. The molecule has 0 spiro atoms. The Morgan fingerprint density at radius 3 is 2.52 bits per heavy atom. The fraction of sp³-hybridized carbons (Fsp3) is 0.316. The molecule has 3 rings (SSSR count). The maximum atomic E-state index is 12.7. The van der Waals surface area contributed by atoms with E-state index in [-0.39, 0.29) is 10.8 Å². The van der Waals surface area contributed by atoms with E-state index in [0.717, 1.165) is 16.8 Å². The lowest BCUT2D eigenvalue weighted by Crippen LogP contribution is -2.34. The maximum absolute atomic E-state index is 12.7. The lowest BCUT2D eigenvalue weighted by atomic mass is 10.0. The summed E-state index contributed by atoms with van der Waals surface area (Å²) >= 11 is 0. The molecule has 6 heteroatoms. The lowest BCUT2D eigenvalue weighted by molar-refractivity contribution is -0.118. The number of aryl methyl sites for hydroxylation is 3. The SMILES string of the molecule is CCN1C(=O)CCc2cc(NS(=O)(=O)c3ccc(C)cc3C)ccc21. The van der Waals surface area contributed by atoms with E-state index in [1.807, 2.05) is 32.0 Å². The number of nitrogens with one attached hydrogen (secondary N) is 1. The standard InChI is InChI=1S/C19H22N2O3S/c1-4-21-17-8-7-16(12-15(17)6-10-19(21)22)20-25(23,24)18-9-5-13(2)11-14(18)3/h5,7-9,11-12,20H,4,6,10H2,1-3H3. The molecule has 132 valence electrons. The van der Waals surface area contributed by atoms with E-state index in [2.05, 4.69) is 4.72 Å². The summed E-state index contributed by atoms with van der Waals surface area (Å²) in [7, 11) is -3.65. The number of benzene rings is 2. The molecule has 1 aliphatic heterocycles. The number of carbonyl (C=O) groups excluding carboxylic acids is 1. The van der Waals surface area contributed by atoms with Crippen LogP contribution in [-0.4, -0.2) is 20.9 Å². The van der Waals surface area contributed by atoms with Crippen LogP contribution in [0.2, 0.25) is 0 Å². The summed E-state index contributed by atoms with van der Waals surface area (Å²) in [5, 5.41) is 0. The van der Waals surface area contributed by atoms with Gasteiger partial charge in [-0.05, 0) is 62.6 Å². The predicted molar refractivity (Wildman–Crippen MR) is 99.5 cm³/mol. The van der Waals surface area contributed by atoms with Gasteiger partial charge in [0.25, 0.3) is 10.0 Å². The molecule has 1 N–H and O–H groups in total. The summed E-state index contributed by atoms with van der Waals surface area (Å²) in [6, 6.07) is 10.6. The number of carbonyl (C=O) groups is 1. The van der Waals surface area contributed by atoms with Crippen molar-refractivity contribution in [3.8, 4) is 0 Å². The third-order valence-electron chi connectivity index (χ3n) is 4.47. The largest absolute Gasteiger partial charge is 0.312 e. The first-order valence-corrected chi connectivity index (χ1v) is 9.83. The highest BCUT2D eigenvalue weighted by molar-refractivity contribution is 7.92. The molecule has 0 radical (unpaired) electrons. The van der Waals surface area contributed by atoms with Gasteiger partial charge in [0.2, 0.25) is 5.91 Å². The Hall–Kier alpha value is -2.34. The van der Waals surface area contributed by atoms with Crippen LogP contribution < -0.4 is 9.62 Å². The second-order valence-corrected chi connectivity index (χ2v) is 8.01. The van der Waals surface area contributed by atoms with Gasteiger partial charge in [0.1, 0.15) is 0 Å². The van der Waals surface area contributed by atoms with Crippen molar-refractivity contribution in [1.29, 1.82) is 0 Å². The van der Waals surface area contributed by atoms with E-state index in [0.29, 0.717) is 30.6 Å². The first-order valence-electron chi connectivity index (χ1n) is 8.35. The van der Waals surface area contributed by atoms with Gasteiger partial charge in [0.05, 0.1) is 4.90 Å². The van der Waals surface area contributed by atoms with Crippen LogP contribution in [0.5, 0.6) is 0 Å². The van der Waals surface area contributed by atoms with Gasteiger partial charge in [-0.25, -0.2) is 8.42 Å². The molecular formula is C19H22N2O3S. The second-order valence-electron chi connectivity index (χ2n) is 6.36. The number of hydrogen-bond donors (Lipinski definition) is 1. The molecule has 2 aromatic rings. The first kappa shape index (κ1) is 17.5. The van der Waals surface area contributed by atoms with Gasteiger partial charge in [-0.15, -0.1) is 0 Å². The Kier molecular flexibility index (Phi) is 4.56. The van der Waals surface area contributed by atoms with Crippen molar-refractivity contribution in [1.82, 2.24) is 0 Å². The number of rotatable bonds is 4. The highest BCUT2D eigenvalue weighted by Gasteiger charge is 2.24. The number of sulfonamides is 1. The van der Waals surface area contributed by atoms with Crippen LogP contribution in [0, 0.1) is 13.8 Å². The summed E-state index contributed by atoms with van der Waals surface area (Å²) < 4.78 is 28.1. The third-order valence-corrected chi connectivity index (χ3v) is 6.01. The third kappa shape index (κ3) is 3.39. The molecule has 5 nitrogen and oxygen atoms in total. The van der Waals surface area contributed by atoms with Crippen molar-refractivity contribution in [3.05, 3.63) is 53.1 Å². The highest BCUT2D eigenvalue weighted by atomic mass is 32.2. The average Bonchev–Trinajstić information content (AvgIpc) is 2.54. The molecule has 1 heterocycles. The van der Waals surface area contributed by atoms with Crippen molar-refractivity contribution in [2.75, 3.05) is 16.2 Å². The van der Waals surface area contributed by atoms with E-state index < -0.39 is 10.0 Å². The molecule has 0 fully saturated rings. The Bertz CT molecular complexity index is 936.